The molecule has 0 fully saturated rings. The highest BCUT2D eigenvalue weighted by Gasteiger charge is 2.24. The number of nitrogens with two attached hydrogens (primary N) is 1. The van der Waals surface area contributed by atoms with Crippen LogP contribution in [-0.2, 0) is 10.0 Å². The first-order chi connectivity index (χ1) is 9.42. The lowest BCUT2D eigenvalue weighted by atomic mass is 10.3. The van der Waals surface area contributed by atoms with Gasteiger partial charge in [0.25, 0.3) is 0 Å². The first kappa shape index (κ1) is 17.3. The standard InChI is InChI=1S/C14H24N2O2S2/c1-4-12(3)16(5-2)20(17,18)11-10-19-14-9-7-6-8-13(14)15/h6-9,12H,4-5,10-11,15H2,1-3H3. The van der Waals surface area contributed by atoms with Gasteiger partial charge >= 0.3 is 0 Å². The van der Waals surface area contributed by atoms with E-state index in [9.17, 15) is 8.42 Å². The summed E-state index contributed by atoms with van der Waals surface area (Å²) in [5.74, 6) is 0.660. The molecule has 0 aliphatic heterocycles. The molecule has 1 rings (SSSR count). The zero-order valence-electron chi connectivity index (χ0n) is 12.4. The fourth-order valence-electron chi connectivity index (χ4n) is 1.97. The van der Waals surface area contributed by atoms with Gasteiger partial charge in [0.1, 0.15) is 0 Å². The number of hydrogen-bond acceptors (Lipinski definition) is 4. The van der Waals surface area contributed by atoms with Crippen LogP contribution in [0.1, 0.15) is 27.2 Å². The maximum atomic E-state index is 12.3. The fraction of sp³-hybridized carbons (Fsp3) is 0.571. The molecule has 1 atom stereocenters. The van der Waals surface area contributed by atoms with Gasteiger partial charge in [-0.25, -0.2) is 8.42 Å². The average molecular weight is 316 g/mol. The maximum absolute atomic E-state index is 12.3. The number of sulfonamides is 1. The molecule has 1 aromatic carbocycles. The Hall–Kier alpha value is -0.720. The third kappa shape index (κ3) is 4.68. The van der Waals surface area contributed by atoms with Crippen molar-refractivity contribution in [2.75, 3.05) is 23.8 Å². The van der Waals surface area contributed by atoms with E-state index in [0.717, 1.165) is 11.3 Å². The smallest absolute Gasteiger partial charge is 0.215 e. The first-order valence-electron chi connectivity index (χ1n) is 6.89. The molecule has 20 heavy (non-hydrogen) atoms. The lowest BCUT2D eigenvalue weighted by molar-refractivity contribution is 0.343. The topological polar surface area (TPSA) is 63.4 Å². The summed E-state index contributed by atoms with van der Waals surface area (Å²) in [6, 6.07) is 7.58. The van der Waals surface area contributed by atoms with Crippen molar-refractivity contribution >= 4 is 27.5 Å². The Morgan fingerprint density at radius 1 is 1.30 bits per heavy atom. The van der Waals surface area contributed by atoms with Gasteiger partial charge in [0.15, 0.2) is 0 Å². The van der Waals surface area contributed by atoms with Crippen LogP contribution in [0.4, 0.5) is 5.69 Å². The van der Waals surface area contributed by atoms with E-state index < -0.39 is 10.0 Å². The third-order valence-corrected chi connectivity index (χ3v) is 6.67. The second-order valence-corrected chi connectivity index (χ2v) is 7.84. The van der Waals surface area contributed by atoms with Gasteiger partial charge in [0, 0.05) is 28.9 Å². The molecular formula is C14H24N2O2S2. The number of benzene rings is 1. The minimum Gasteiger partial charge on any atom is -0.398 e. The van der Waals surface area contributed by atoms with Gasteiger partial charge in [-0.2, -0.15) is 4.31 Å². The van der Waals surface area contributed by atoms with E-state index in [-0.39, 0.29) is 11.8 Å². The van der Waals surface area contributed by atoms with Gasteiger partial charge in [0.05, 0.1) is 5.75 Å². The lowest BCUT2D eigenvalue weighted by Crippen LogP contribution is -2.39. The van der Waals surface area contributed by atoms with E-state index >= 15 is 0 Å². The van der Waals surface area contributed by atoms with E-state index in [0.29, 0.717) is 18.0 Å². The normalized spacial score (nSPS) is 13.6. The lowest BCUT2D eigenvalue weighted by Gasteiger charge is -2.26. The molecule has 2 N–H and O–H groups in total. The molecule has 0 heterocycles. The number of hydrogen-bond donors (Lipinski definition) is 1. The number of nitrogens with zero attached hydrogens (tertiary/aromatic N) is 1. The molecule has 0 bridgehead atoms. The zero-order valence-corrected chi connectivity index (χ0v) is 14.0. The van der Waals surface area contributed by atoms with Gasteiger partial charge in [-0.1, -0.05) is 26.0 Å². The van der Waals surface area contributed by atoms with Crippen LogP contribution in [0.25, 0.3) is 0 Å². The molecule has 0 saturated heterocycles. The predicted octanol–water partition coefficient (Wildman–Crippen LogP) is 2.81. The summed E-state index contributed by atoms with van der Waals surface area (Å²) in [6.07, 6.45) is 0.825. The molecule has 0 aliphatic rings. The van der Waals surface area contributed by atoms with Crippen molar-refractivity contribution in [2.45, 2.75) is 38.1 Å². The van der Waals surface area contributed by atoms with Crippen LogP contribution in [0.3, 0.4) is 0 Å². The quantitative estimate of drug-likeness (QED) is 0.592. The number of rotatable bonds is 8. The predicted molar refractivity (Wildman–Crippen MR) is 87.5 cm³/mol. The molecule has 0 spiro atoms. The number of anilines is 1. The van der Waals surface area contributed by atoms with Crippen molar-refractivity contribution in [3.05, 3.63) is 24.3 Å². The van der Waals surface area contributed by atoms with Crippen molar-refractivity contribution in [3.63, 3.8) is 0 Å². The number of nitrogen functional groups attached to an aromatic ring is 1. The number of para-hydroxylation sites is 1. The summed E-state index contributed by atoms with van der Waals surface area (Å²) in [4.78, 5) is 0.939. The molecule has 0 amide bonds. The Labute approximate surface area is 126 Å². The van der Waals surface area contributed by atoms with Crippen molar-refractivity contribution in [2.24, 2.45) is 0 Å². The van der Waals surface area contributed by atoms with E-state index in [1.807, 2.05) is 45.0 Å². The van der Waals surface area contributed by atoms with Gasteiger partial charge < -0.3 is 5.73 Å². The minimum atomic E-state index is -3.20. The maximum Gasteiger partial charge on any atom is 0.215 e. The van der Waals surface area contributed by atoms with Crippen LogP contribution in [0.2, 0.25) is 0 Å². The molecule has 4 nitrogen and oxygen atoms in total. The molecule has 0 aliphatic carbocycles. The van der Waals surface area contributed by atoms with Crippen molar-refractivity contribution in [1.82, 2.24) is 4.31 Å². The van der Waals surface area contributed by atoms with Gasteiger partial charge in [-0.3, -0.25) is 0 Å². The summed E-state index contributed by atoms with van der Waals surface area (Å²) in [7, 11) is -3.20. The molecule has 0 radical (unpaired) electrons. The van der Waals surface area contributed by atoms with Gasteiger partial charge in [0.2, 0.25) is 10.0 Å². The SMILES string of the molecule is CCC(C)N(CC)S(=O)(=O)CCSc1ccccc1N. The van der Waals surface area contributed by atoms with Crippen LogP contribution in [-0.4, -0.2) is 36.8 Å². The highest BCUT2D eigenvalue weighted by molar-refractivity contribution is 8.00. The summed E-state index contributed by atoms with van der Waals surface area (Å²) in [6.45, 7) is 6.35. The van der Waals surface area contributed by atoms with Gasteiger partial charge in [-0.05, 0) is 25.5 Å². The Bertz CT molecular complexity index is 518. The summed E-state index contributed by atoms with van der Waals surface area (Å²) < 4.78 is 26.2. The highest BCUT2D eigenvalue weighted by Crippen LogP contribution is 2.25. The van der Waals surface area contributed by atoms with Gasteiger partial charge in [-0.15, -0.1) is 11.8 Å². The van der Waals surface area contributed by atoms with E-state index in [1.54, 1.807) is 4.31 Å². The second kappa shape index (κ2) is 7.90. The van der Waals surface area contributed by atoms with E-state index in [4.69, 9.17) is 5.73 Å². The largest absolute Gasteiger partial charge is 0.398 e. The van der Waals surface area contributed by atoms with Crippen LogP contribution in [0.5, 0.6) is 0 Å². The van der Waals surface area contributed by atoms with Crippen LogP contribution in [0, 0.1) is 0 Å². The number of thioether (sulfide) groups is 1. The van der Waals surface area contributed by atoms with Crippen LogP contribution >= 0.6 is 11.8 Å². The Balaban J connectivity index is 2.62. The Kier molecular flexibility index (Phi) is 6.85. The third-order valence-electron chi connectivity index (χ3n) is 3.27. The average Bonchev–Trinajstić information content (AvgIpc) is 2.41. The zero-order chi connectivity index (χ0) is 15.2. The highest BCUT2D eigenvalue weighted by atomic mass is 32.2. The monoisotopic (exact) mass is 316 g/mol. The van der Waals surface area contributed by atoms with Crippen molar-refractivity contribution in [3.8, 4) is 0 Å². The van der Waals surface area contributed by atoms with E-state index in [1.165, 1.54) is 11.8 Å². The fourth-order valence-corrected chi connectivity index (χ4v) is 5.10. The van der Waals surface area contributed by atoms with Crippen molar-refractivity contribution in [1.29, 1.82) is 0 Å². The molecule has 1 unspecified atom stereocenters. The summed E-state index contributed by atoms with van der Waals surface area (Å²) in [5, 5.41) is 0. The minimum absolute atomic E-state index is 0.0526. The molecule has 114 valence electrons. The van der Waals surface area contributed by atoms with E-state index in [2.05, 4.69) is 0 Å². The summed E-state index contributed by atoms with van der Waals surface area (Å²) in [5.41, 5.74) is 6.54. The Morgan fingerprint density at radius 2 is 1.95 bits per heavy atom. The molecule has 6 heteroatoms. The molecular weight excluding hydrogens is 292 g/mol. The summed E-state index contributed by atoms with van der Waals surface area (Å²) >= 11 is 1.49. The molecule has 1 aromatic rings. The molecule has 0 saturated carbocycles. The Morgan fingerprint density at radius 3 is 2.50 bits per heavy atom. The second-order valence-electron chi connectivity index (χ2n) is 4.66. The van der Waals surface area contributed by atoms with Crippen LogP contribution in [0.15, 0.2) is 29.2 Å². The van der Waals surface area contributed by atoms with Crippen molar-refractivity contribution < 1.29 is 8.42 Å². The first-order valence-corrected chi connectivity index (χ1v) is 9.48. The molecule has 0 aromatic heterocycles. The van der Waals surface area contributed by atoms with Crippen LogP contribution < -0.4 is 5.73 Å².